The SMILES string of the molecule is COc1cc([C@H]2CC(=O)NC3=C2C(=O)CC(C)(C)C3)ccc1O. The van der Waals surface area contributed by atoms with E-state index in [0.29, 0.717) is 24.2 Å². The van der Waals surface area contributed by atoms with Crippen molar-refractivity contribution in [1.82, 2.24) is 5.32 Å². The number of phenolic OH excluding ortho intramolecular Hbond substituents is 1. The third-order valence-electron chi connectivity index (χ3n) is 4.55. The summed E-state index contributed by atoms with van der Waals surface area (Å²) in [6.45, 7) is 4.07. The van der Waals surface area contributed by atoms with Gasteiger partial charge in [-0.3, -0.25) is 9.59 Å². The molecule has 2 aliphatic rings. The van der Waals surface area contributed by atoms with E-state index in [-0.39, 0.29) is 35.2 Å². The standard InChI is InChI=1S/C18H21NO4/c1-18(2)8-12-17(14(21)9-18)11(7-16(22)19-12)10-4-5-13(20)15(6-10)23-3/h4-6,11,20H,7-9H2,1-3H3,(H,19,22)/t11-/m1/s1. The molecule has 1 aliphatic carbocycles. The van der Waals surface area contributed by atoms with Crippen molar-refractivity contribution >= 4 is 11.7 Å². The van der Waals surface area contributed by atoms with Gasteiger partial charge in [0.2, 0.25) is 5.91 Å². The molecule has 2 N–H and O–H groups in total. The fraction of sp³-hybridized carbons (Fsp3) is 0.444. The molecule has 5 nitrogen and oxygen atoms in total. The number of aromatic hydroxyl groups is 1. The lowest BCUT2D eigenvalue weighted by molar-refractivity contribution is -0.122. The van der Waals surface area contributed by atoms with Crippen LogP contribution in [-0.4, -0.2) is 23.9 Å². The van der Waals surface area contributed by atoms with E-state index in [1.807, 2.05) is 13.8 Å². The molecule has 1 aromatic rings. The monoisotopic (exact) mass is 315 g/mol. The molecule has 1 amide bonds. The number of amides is 1. The predicted molar refractivity (Wildman–Crippen MR) is 85.2 cm³/mol. The number of nitrogens with one attached hydrogen (secondary N) is 1. The number of hydrogen-bond donors (Lipinski definition) is 2. The van der Waals surface area contributed by atoms with Gasteiger partial charge in [-0.25, -0.2) is 0 Å². The number of carbonyl (C=O) groups excluding carboxylic acids is 2. The highest BCUT2D eigenvalue weighted by Crippen LogP contribution is 2.44. The van der Waals surface area contributed by atoms with Gasteiger partial charge in [-0.1, -0.05) is 19.9 Å². The van der Waals surface area contributed by atoms with Gasteiger partial charge in [-0.2, -0.15) is 0 Å². The fourth-order valence-electron chi connectivity index (χ4n) is 3.55. The van der Waals surface area contributed by atoms with E-state index in [9.17, 15) is 14.7 Å². The zero-order valence-electron chi connectivity index (χ0n) is 13.6. The highest BCUT2D eigenvalue weighted by molar-refractivity contribution is 6.02. The van der Waals surface area contributed by atoms with Crippen LogP contribution in [0.3, 0.4) is 0 Å². The Balaban J connectivity index is 2.08. The Morgan fingerprint density at radius 3 is 2.70 bits per heavy atom. The lowest BCUT2D eigenvalue weighted by Crippen LogP contribution is -2.40. The van der Waals surface area contributed by atoms with Crippen LogP contribution in [0, 0.1) is 5.41 Å². The molecule has 122 valence electrons. The van der Waals surface area contributed by atoms with Crippen LogP contribution in [-0.2, 0) is 9.59 Å². The number of phenols is 1. The van der Waals surface area contributed by atoms with Crippen molar-refractivity contribution in [2.45, 2.75) is 39.0 Å². The van der Waals surface area contributed by atoms with Gasteiger partial charge >= 0.3 is 0 Å². The summed E-state index contributed by atoms with van der Waals surface area (Å²) in [7, 11) is 1.48. The largest absolute Gasteiger partial charge is 0.504 e. The third kappa shape index (κ3) is 2.83. The highest BCUT2D eigenvalue weighted by atomic mass is 16.5. The summed E-state index contributed by atoms with van der Waals surface area (Å²) < 4.78 is 5.15. The summed E-state index contributed by atoms with van der Waals surface area (Å²) >= 11 is 0. The van der Waals surface area contributed by atoms with Crippen LogP contribution in [0.1, 0.15) is 44.6 Å². The molecule has 0 saturated heterocycles. The first-order valence-electron chi connectivity index (χ1n) is 7.74. The Bertz CT molecular complexity index is 718. The van der Waals surface area contributed by atoms with Crippen molar-refractivity contribution in [3.05, 3.63) is 35.0 Å². The van der Waals surface area contributed by atoms with Crippen LogP contribution in [0.5, 0.6) is 11.5 Å². The number of benzene rings is 1. The first-order valence-corrected chi connectivity index (χ1v) is 7.74. The minimum absolute atomic E-state index is 0.0434. The summed E-state index contributed by atoms with van der Waals surface area (Å²) in [5.41, 5.74) is 2.13. The molecule has 0 spiro atoms. The van der Waals surface area contributed by atoms with Crippen molar-refractivity contribution in [1.29, 1.82) is 0 Å². The Morgan fingerprint density at radius 1 is 1.26 bits per heavy atom. The first kappa shape index (κ1) is 15.6. The molecule has 1 aliphatic heterocycles. The number of carbonyl (C=O) groups is 2. The van der Waals surface area contributed by atoms with E-state index in [2.05, 4.69) is 5.32 Å². The molecule has 1 atom stereocenters. The minimum atomic E-state index is -0.281. The molecule has 0 saturated carbocycles. The predicted octanol–water partition coefficient (Wildman–Crippen LogP) is 2.65. The van der Waals surface area contributed by atoms with Crippen molar-refractivity contribution in [2.24, 2.45) is 5.41 Å². The second-order valence-corrected chi connectivity index (χ2v) is 7.07. The number of methoxy groups -OCH3 is 1. The average molecular weight is 315 g/mol. The van der Waals surface area contributed by atoms with Gasteiger partial charge < -0.3 is 15.2 Å². The van der Waals surface area contributed by atoms with E-state index in [4.69, 9.17) is 4.74 Å². The molecular weight excluding hydrogens is 294 g/mol. The summed E-state index contributed by atoms with van der Waals surface area (Å²) in [5, 5.41) is 12.6. The number of allylic oxidation sites excluding steroid dienone is 2. The van der Waals surface area contributed by atoms with Crippen LogP contribution < -0.4 is 10.1 Å². The Kier molecular flexibility index (Phi) is 3.66. The zero-order valence-corrected chi connectivity index (χ0v) is 13.6. The maximum absolute atomic E-state index is 12.7. The van der Waals surface area contributed by atoms with Gasteiger partial charge in [0.25, 0.3) is 0 Å². The molecule has 5 heteroatoms. The quantitative estimate of drug-likeness (QED) is 0.880. The zero-order chi connectivity index (χ0) is 16.8. The van der Waals surface area contributed by atoms with Gasteiger partial charge in [-0.15, -0.1) is 0 Å². The Morgan fingerprint density at radius 2 is 2.00 bits per heavy atom. The molecule has 0 radical (unpaired) electrons. The summed E-state index contributed by atoms with van der Waals surface area (Å²) in [6.07, 6.45) is 1.40. The fourth-order valence-corrected chi connectivity index (χ4v) is 3.55. The molecular formula is C18H21NO4. The molecule has 3 rings (SSSR count). The van der Waals surface area contributed by atoms with E-state index in [0.717, 1.165) is 11.3 Å². The molecule has 0 fully saturated rings. The first-order chi connectivity index (χ1) is 10.8. The van der Waals surface area contributed by atoms with Crippen molar-refractivity contribution in [2.75, 3.05) is 7.11 Å². The maximum atomic E-state index is 12.7. The summed E-state index contributed by atoms with van der Waals surface area (Å²) in [6, 6.07) is 4.99. The van der Waals surface area contributed by atoms with E-state index in [1.54, 1.807) is 12.1 Å². The van der Waals surface area contributed by atoms with Gasteiger partial charge in [0, 0.05) is 30.0 Å². The van der Waals surface area contributed by atoms with Crippen LogP contribution >= 0.6 is 0 Å². The molecule has 1 heterocycles. The second kappa shape index (κ2) is 5.41. The minimum Gasteiger partial charge on any atom is -0.504 e. The Hall–Kier alpha value is -2.30. The van der Waals surface area contributed by atoms with Crippen molar-refractivity contribution in [3.63, 3.8) is 0 Å². The highest BCUT2D eigenvalue weighted by Gasteiger charge is 2.40. The van der Waals surface area contributed by atoms with Crippen LogP contribution in [0.2, 0.25) is 0 Å². The van der Waals surface area contributed by atoms with Gasteiger partial charge in [0.15, 0.2) is 17.3 Å². The van der Waals surface area contributed by atoms with E-state index < -0.39 is 0 Å². The molecule has 0 bridgehead atoms. The molecule has 0 aromatic heterocycles. The summed E-state index contributed by atoms with van der Waals surface area (Å²) in [4.78, 5) is 24.8. The van der Waals surface area contributed by atoms with Crippen molar-refractivity contribution in [3.8, 4) is 11.5 Å². The normalized spacial score (nSPS) is 23.3. The number of hydrogen-bond acceptors (Lipinski definition) is 4. The van der Waals surface area contributed by atoms with Crippen molar-refractivity contribution < 1.29 is 19.4 Å². The second-order valence-electron chi connectivity index (χ2n) is 7.07. The molecule has 1 aromatic carbocycles. The lowest BCUT2D eigenvalue weighted by Gasteiger charge is -2.37. The molecule has 0 unspecified atom stereocenters. The number of Topliss-reactive ketones (excluding diaryl/α,β-unsaturated/α-hetero) is 1. The topological polar surface area (TPSA) is 75.6 Å². The average Bonchev–Trinajstić information content (AvgIpc) is 2.45. The van der Waals surface area contributed by atoms with Gasteiger partial charge in [-0.05, 0) is 29.5 Å². The Labute approximate surface area is 135 Å². The van der Waals surface area contributed by atoms with Crippen LogP contribution in [0.4, 0.5) is 0 Å². The lowest BCUT2D eigenvalue weighted by atomic mass is 9.70. The van der Waals surface area contributed by atoms with Crippen LogP contribution in [0.15, 0.2) is 29.5 Å². The smallest absolute Gasteiger partial charge is 0.225 e. The molecule has 23 heavy (non-hydrogen) atoms. The summed E-state index contributed by atoms with van der Waals surface area (Å²) in [5.74, 6) is 0.123. The number of ketones is 1. The van der Waals surface area contributed by atoms with Gasteiger partial charge in [0.05, 0.1) is 7.11 Å². The van der Waals surface area contributed by atoms with Crippen LogP contribution in [0.25, 0.3) is 0 Å². The van der Waals surface area contributed by atoms with E-state index >= 15 is 0 Å². The van der Waals surface area contributed by atoms with Gasteiger partial charge in [0.1, 0.15) is 0 Å². The number of ether oxygens (including phenoxy) is 1. The third-order valence-corrected chi connectivity index (χ3v) is 4.55. The number of rotatable bonds is 2. The van der Waals surface area contributed by atoms with E-state index in [1.165, 1.54) is 13.2 Å². The maximum Gasteiger partial charge on any atom is 0.225 e.